The van der Waals surface area contributed by atoms with E-state index in [4.69, 9.17) is 4.74 Å². The molecule has 180 valence electrons. The van der Waals surface area contributed by atoms with E-state index in [-0.39, 0.29) is 12.1 Å². The normalized spacial score (nSPS) is 19.5. The van der Waals surface area contributed by atoms with Gasteiger partial charge in [0, 0.05) is 31.1 Å². The average Bonchev–Trinajstić information content (AvgIpc) is 3.31. The number of pyridine rings is 1. The van der Waals surface area contributed by atoms with Gasteiger partial charge in [-0.3, -0.25) is 0 Å². The van der Waals surface area contributed by atoms with Crippen molar-refractivity contribution in [1.82, 2.24) is 19.5 Å². The highest BCUT2D eigenvalue weighted by molar-refractivity contribution is 5.70. The minimum Gasteiger partial charge on any atom is -0.438 e. The Morgan fingerprint density at radius 1 is 1.06 bits per heavy atom. The van der Waals surface area contributed by atoms with E-state index in [0.717, 1.165) is 27.9 Å². The second kappa shape index (κ2) is 8.82. The molecule has 0 aliphatic carbocycles. The van der Waals surface area contributed by atoms with Crippen LogP contribution in [-0.4, -0.2) is 42.8 Å². The molecule has 4 aromatic rings. The minimum atomic E-state index is -0.977. The molecule has 1 fully saturated rings. The van der Waals surface area contributed by atoms with Crippen molar-refractivity contribution in [3.63, 3.8) is 0 Å². The molecule has 7 heteroatoms. The number of aliphatic hydroxyl groups is 1. The number of hydrogen-bond acceptors (Lipinski definition) is 5. The van der Waals surface area contributed by atoms with Gasteiger partial charge in [0.25, 0.3) is 0 Å². The molecule has 3 heterocycles. The maximum atomic E-state index is 13.3. The number of nitrogens with zero attached hydrogens (tertiary/aromatic N) is 4. The largest absolute Gasteiger partial charge is 0.438 e. The van der Waals surface area contributed by atoms with Crippen molar-refractivity contribution in [2.75, 3.05) is 6.54 Å². The highest BCUT2D eigenvalue weighted by Gasteiger charge is 2.46. The van der Waals surface area contributed by atoms with Gasteiger partial charge in [-0.15, -0.1) is 0 Å². The second-order valence-corrected chi connectivity index (χ2v) is 9.94. The number of fused-ring (bicyclic) bond motifs is 1. The van der Waals surface area contributed by atoms with Gasteiger partial charge in [0.1, 0.15) is 11.9 Å². The van der Waals surface area contributed by atoms with E-state index in [1.54, 1.807) is 23.3 Å². The maximum absolute atomic E-state index is 13.3. The number of hydrogen-bond donors (Lipinski definition) is 1. The number of benzene rings is 2. The van der Waals surface area contributed by atoms with Crippen LogP contribution in [0.1, 0.15) is 50.8 Å². The minimum absolute atomic E-state index is 0.148. The van der Waals surface area contributed by atoms with E-state index in [0.29, 0.717) is 19.4 Å². The molecule has 1 aliphatic heterocycles. The molecule has 35 heavy (non-hydrogen) atoms. The van der Waals surface area contributed by atoms with E-state index >= 15 is 0 Å². The fraction of sp³-hybridized carbons (Fsp3) is 0.321. The molecular weight excluding hydrogens is 440 g/mol. The van der Waals surface area contributed by atoms with Crippen LogP contribution in [0.3, 0.4) is 0 Å². The quantitative estimate of drug-likeness (QED) is 0.411. The van der Waals surface area contributed by atoms with E-state index in [1.807, 2.05) is 55.6 Å². The number of rotatable bonds is 6. The topological polar surface area (TPSA) is 80.0 Å². The summed E-state index contributed by atoms with van der Waals surface area (Å²) in [6.45, 7) is 6.06. The average molecular weight is 471 g/mol. The van der Waals surface area contributed by atoms with Crippen LogP contribution >= 0.6 is 0 Å². The Balaban J connectivity index is 1.35. The molecule has 0 radical (unpaired) electrons. The van der Waals surface area contributed by atoms with Crippen LogP contribution in [0.25, 0.3) is 16.8 Å². The SMILES string of the molecule is C[C@@H](c1ccc(-c2ccc3ncnn3c2)cc1)N1CCC(CC(C)(C)O)(c2ccccc2)OC1=O. The number of carbonyl (C=O) groups excluding carboxylic acids is 1. The zero-order valence-corrected chi connectivity index (χ0v) is 20.3. The van der Waals surface area contributed by atoms with Crippen molar-refractivity contribution in [3.8, 4) is 11.1 Å². The lowest BCUT2D eigenvalue weighted by molar-refractivity contribution is -0.101. The fourth-order valence-corrected chi connectivity index (χ4v) is 5.01. The first-order valence-corrected chi connectivity index (χ1v) is 11.9. The molecule has 1 unspecified atom stereocenters. The molecule has 1 aliphatic rings. The third kappa shape index (κ3) is 4.64. The van der Waals surface area contributed by atoms with Crippen LogP contribution in [0.5, 0.6) is 0 Å². The van der Waals surface area contributed by atoms with Crippen molar-refractivity contribution in [2.45, 2.75) is 50.9 Å². The van der Waals surface area contributed by atoms with Crippen molar-refractivity contribution >= 4 is 11.7 Å². The number of carbonyl (C=O) groups is 1. The van der Waals surface area contributed by atoms with Crippen molar-refractivity contribution in [2.24, 2.45) is 0 Å². The summed E-state index contributed by atoms with van der Waals surface area (Å²) in [5.41, 5.74) is 3.02. The lowest BCUT2D eigenvalue weighted by Crippen LogP contribution is -2.51. The first-order valence-electron chi connectivity index (χ1n) is 11.9. The van der Waals surface area contributed by atoms with Crippen LogP contribution < -0.4 is 0 Å². The highest BCUT2D eigenvalue weighted by atomic mass is 16.6. The van der Waals surface area contributed by atoms with Gasteiger partial charge in [-0.2, -0.15) is 5.10 Å². The fourth-order valence-electron chi connectivity index (χ4n) is 5.01. The molecule has 1 saturated heterocycles. The Morgan fingerprint density at radius 3 is 2.46 bits per heavy atom. The molecule has 0 bridgehead atoms. The van der Waals surface area contributed by atoms with Gasteiger partial charge in [-0.1, -0.05) is 54.6 Å². The van der Waals surface area contributed by atoms with E-state index < -0.39 is 11.2 Å². The summed E-state index contributed by atoms with van der Waals surface area (Å²) in [5, 5.41) is 14.8. The van der Waals surface area contributed by atoms with Crippen LogP contribution in [0.4, 0.5) is 4.79 Å². The van der Waals surface area contributed by atoms with Gasteiger partial charge in [0.2, 0.25) is 0 Å². The molecule has 7 nitrogen and oxygen atoms in total. The number of amides is 1. The highest BCUT2D eigenvalue weighted by Crippen LogP contribution is 2.42. The summed E-state index contributed by atoms with van der Waals surface area (Å²) in [5.74, 6) is 0. The summed E-state index contributed by atoms with van der Waals surface area (Å²) < 4.78 is 7.88. The third-order valence-electron chi connectivity index (χ3n) is 6.76. The zero-order chi connectivity index (χ0) is 24.6. The van der Waals surface area contributed by atoms with Crippen molar-refractivity contribution in [3.05, 3.63) is 90.4 Å². The molecule has 2 atom stereocenters. The first-order chi connectivity index (χ1) is 16.7. The molecule has 2 aromatic heterocycles. The lowest BCUT2D eigenvalue weighted by Gasteiger charge is -2.45. The van der Waals surface area contributed by atoms with Crippen LogP contribution in [0.15, 0.2) is 79.3 Å². The van der Waals surface area contributed by atoms with Crippen LogP contribution in [-0.2, 0) is 10.3 Å². The summed E-state index contributed by atoms with van der Waals surface area (Å²) in [6.07, 6.45) is 4.07. The van der Waals surface area contributed by atoms with Gasteiger partial charge in [0.05, 0.1) is 11.6 Å². The summed E-state index contributed by atoms with van der Waals surface area (Å²) >= 11 is 0. The maximum Gasteiger partial charge on any atom is 0.411 e. The Hall–Kier alpha value is -3.71. The second-order valence-electron chi connectivity index (χ2n) is 9.94. The Bertz CT molecular complexity index is 1330. The summed E-state index contributed by atoms with van der Waals surface area (Å²) in [4.78, 5) is 19.2. The van der Waals surface area contributed by atoms with Crippen molar-refractivity contribution in [1.29, 1.82) is 0 Å². The van der Waals surface area contributed by atoms with Gasteiger partial charge in [0.15, 0.2) is 5.65 Å². The smallest absolute Gasteiger partial charge is 0.411 e. The standard InChI is InChI=1S/C28H30N4O3/c1-20(21-9-11-22(12-10-21)23-13-14-25-29-19-30-32(25)17-23)31-16-15-28(35-26(31)33,18-27(2,3)34)24-7-5-4-6-8-24/h4-14,17,19-20,34H,15-16,18H2,1-3H3/t20-,28?/m0/s1. The number of ether oxygens (including phenoxy) is 1. The Kier molecular flexibility index (Phi) is 5.81. The van der Waals surface area contributed by atoms with E-state index in [1.165, 1.54) is 6.33 Å². The molecule has 0 spiro atoms. The third-order valence-corrected chi connectivity index (χ3v) is 6.76. The Labute approximate surface area is 205 Å². The van der Waals surface area contributed by atoms with Crippen LogP contribution in [0.2, 0.25) is 0 Å². The zero-order valence-electron chi connectivity index (χ0n) is 20.3. The summed E-state index contributed by atoms with van der Waals surface area (Å²) in [7, 11) is 0. The molecular formula is C28H30N4O3. The first kappa shape index (κ1) is 23.1. The molecule has 2 aromatic carbocycles. The Morgan fingerprint density at radius 2 is 1.77 bits per heavy atom. The summed E-state index contributed by atoms with van der Waals surface area (Å²) in [6, 6.07) is 21.8. The predicted octanol–water partition coefficient (Wildman–Crippen LogP) is 5.36. The van der Waals surface area contributed by atoms with Gasteiger partial charge >= 0.3 is 6.09 Å². The predicted molar refractivity (Wildman–Crippen MR) is 134 cm³/mol. The van der Waals surface area contributed by atoms with Gasteiger partial charge in [-0.05, 0) is 49.6 Å². The number of aromatic nitrogens is 3. The van der Waals surface area contributed by atoms with Crippen LogP contribution in [0, 0.1) is 0 Å². The van der Waals surface area contributed by atoms with E-state index in [9.17, 15) is 9.90 Å². The monoisotopic (exact) mass is 470 g/mol. The molecule has 0 saturated carbocycles. The lowest BCUT2D eigenvalue weighted by atomic mass is 9.80. The number of cyclic esters (lactones) is 1. The van der Waals surface area contributed by atoms with E-state index in [2.05, 4.69) is 34.3 Å². The van der Waals surface area contributed by atoms with Crippen molar-refractivity contribution < 1.29 is 14.6 Å². The van der Waals surface area contributed by atoms with Gasteiger partial charge in [-0.25, -0.2) is 14.3 Å². The molecule has 5 rings (SSSR count). The van der Waals surface area contributed by atoms with Gasteiger partial charge < -0.3 is 14.7 Å². The molecule has 1 N–H and O–H groups in total. The molecule has 1 amide bonds.